The molecule has 0 aliphatic rings. The quantitative estimate of drug-likeness (QED) is 0.767. The van der Waals surface area contributed by atoms with Crippen LogP contribution in [-0.4, -0.2) is 45.8 Å². The summed E-state index contributed by atoms with van der Waals surface area (Å²) in [6.45, 7) is 5.54. The van der Waals surface area contributed by atoms with Crippen molar-refractivity contribution in [2.24, 2.45) is 0 Å². The molecule has 8 heteroatoms. The number of nitrogens with one attached hydrogen (secondary N) is 1. The number of nitrogens with zero attached hydrogens (tertiary/aromatic N) is 4. The molecule has 0 bridgehead atoms. The maximum Gasteiger partial charge on any atom is 0.265 e. The topological polar surface area (TPSA) is 88.1 Å². The Balaban J connectivity index is 1.86. The molecular weight excluding hydrogens is 350 g/mol. The fourth-order valence-corrected chi connectivity index (χ4v) is 3.38. The second-order valence-electron chi connectivity index (χ2n) is 6.19. The van der Waals surface area contributed by atoms with Gasteiger partial charge in [0.2, 0.25) is 0 Å². The average molecular weight is 369 g/mol. The molecule has 26 heavy (non-hydrogen) atoms. The van der Waals surface area contributed by atoms with Crippen LogP contribution in [0.15, 0.2) is 18.2 Å². The Morgan fingerprint density at radius 3 is 2.27 bits per heavy atom. The van der Waals surface area contributed by atoms with Crippen LogP contribution in [0.5, 0.6) is 0 Å². The number of amides is 2. The van der Waals surface area contributed by atoms with Crippen LogP contribution < -0.4 is 5.32 Å². The second kappa shape index (κ2) is 6.80. The van der Waals surface area contributed by atoms with Crippen molar-refractivity contribution in [3.63, 3.8) is 0 Å². The van der Waals surface area contributed by atoms with Crippen LogP contribution in [-0.2, 0) is 0 Å². The molecule has 0 fully saturated rings. The summed E-state index contributed by atoms with van der Waals surface area (Å²) in [5, 5.41) is 3.15. The van der Waals surface area contributed by atoms with Crippen LogP contribution in [0, 0.1) is 20.8 Å². The summed E-state index contributed by atoms with van der Waals surface area (Å²) in [5.74, 6) is -0.433. The zero-order valence-electron chi connectivity index (χ0n) is 15.2. The smallest absolute Gasteiger partial charge is 0.265 e. The first-order valence-electron chi connectivity index (χ1n) is 8.01. The third-order valence-corrected chi connectivity index (χ3v) is 5.02. The lowest BCUT2D eigenvalue weighted by Crippen LogP contribution is -2.21. The first-order valence-corrected chi connectivity index (χ1v) is 8.83. The lowest BCUT2D eigenvalue weighted by atomic mass is 10.1. The van der Waals surface area contributed by atoms with Gasteiger partial charge >= 0.3 is 0 Å². The van der Waals surface area contributed by atoms with Crippen molar-refractivity contribution in [2.75, 3.05) is 19.4 Å². The number of hydrogen-bond acceptors (Lipinski definition) is 6. The van der Waals surface area contributed by atoms with E-state index in [-0.39, 0.29) is 11.8 Å². The molecule has 0 saturated carbocycles. The summed E-state index contributed by atoms with van der Waals surface area (Å²) < 4.78 is 0. The van der Waals surface area contributed by atoms with Crippen LogP contribution in [0.2, 0.25) is 0 Å². The number of aryl methyl sites for hydroxylation is 3. The molecule has 3 aromatic rings. The van der Waals surface area contributed by atoms with Gasteiger partial charge in [-0.25, -0.2) is 15.0 Å². The number of carbonyl (C=O) groups is 2. The Kier molecular flexibility index (Phi) is 4.69. The van der Waals surface area contributed by atoms with Crippen molar-refractivity contribution in [1.29, 1.82) is 0 Å². The lowest BCUT2D eigenvalue weighted by Gasteiger charge is -2.07. The lowest BCUT2D eigenvalue weighted by molar-refractivity contribution is 0.0831. The third kappa shape index (κ3) is 3.41. The van der Waals surface area contributed by atoms with Crippen molar-refractivity contribution in [3.8, 4) is 0 Å². The molecule has 7 nitrogen and oxygen atoms in total. The normalized spacial score (nSPS) is 10.8. The van der Waals surface area contributed by atoms with Crippen LogP contribution >= 0.6 is 11.3 Å². The van der Waals surface area contributed by atoms with E-state index < -0.39 is 0 Å². The molecule has 2 heterocycles. The van der Waals surface area contributed by atoms with E-state index in [0.717, 1.165) is 28.2 Å². The first-order chi connectivity index (χ1) is 12.3. The number of carbonyl (C=O) groups excluding carboxylic acids is 2. The van der Waals surface area contributed by atoms with E-state index >= 15 is 0 Å². The molecule has 0 spiro atoms. The minimum Gasteiger partial charge on any atom is -0.344 e. The highest BCUT2D eigenvalue weighted by molar-refractivity contribution is 7.17. The van der Waals surface area contributed by atoms with E-state index in [9.17, 15) is 9.59 Å². The van der Waals surface area contributed by atoms with Gasteiger partial charge in [0.05, 0.1) is 28.1 Å². The highest BCUT2D eigenvalue weighted by Crippen LogP contribution is 2.24. The Bertz CT molecular complexity index is 1030. The highest BCUT2D eigenvalue weighted by atomic mass is 32.1. The van der Waals surface area contributed by atoms with Crippen LogP contribution in [0.25, 0.3) is 11.0 Å². The molecule has 1 N–H and O–H groups in total. The summed E-state index contributed by atoms with van der Waals surface area (Å²) >= 11 is 1.16. The molecule has 0 unspecified atom stereocenters. The van der Waals surface area contributed by atoms with Crippen molar-refractivity contribution in [3.05, 3.63) is 45.7 Å². The number of hydrogen-bond donors (Lipinski definition) is 1. The van der Waals surface area contributed by atoms with E-state index in [1.165, 1.54) is 4.90 Å². The fourth-order valence-electron chi connectivity index (χ4n) is 2.39. The first kappa shape index (κ1) is 17.9. The number of anilines is 1. The predicted molar refractivity (Wildman–Crippen MR) is 102 cm³/mol. The molecule has 0 aliphatic heterocycles. The van der Waals surface area contributed by atoms with Crippen LogP contribution in [0.3, 0.4) is 0 Å². The number of thiazole rings is 1. The SMILES string of the molecule is Cc1nc2ccc(C(=O)Nc3nc(C)c(C(=O)N(C)C)s3)cc2nc1C. The zero-order chi connectivity index (χ0) is 19.0. The van der Waals surface area contributed by atoms with E-state index in [1.807, 2.05) is 13.8 Å². The predicted octanol–water partition coefficient (Wildman–Crippen LogP) is 2.97. The third-order valence-electron chi connectivity index (χ3n) is 3.96. The van der Waals surface area contributed by atoms with Gasteiger partial charge in [0, 0.05) is 19.7 Å². The Morgan fingerprint density at radius 1 is 0.962 bits per heavy atom. The Hall–Kier alpha value is -2.87. The fraction of sp³-hybridized carbons (Fsp3) is 0.278. The summed E-state index contributed by atoms with van der Waals surface area (Å²) in [4.78, 5) is 39.9. The van der Waals surface area contributed by atoms with E-state index in [4.69, 9.17) is 0 Å². The highest BCUT2D eigenvalue weighted by Gasteiger charge is 2.18. The number of aromatic nitrogens is 3. The van der Waals surface area contributed by atoms with Crippen molar-refractivity contribution < 1.29 is 9.59 Å². The summed E-state index contributed by atoms with van der Waals surface area (Å²) in [5.41, 5.74) is 4.17. The van der Waals surface area contributed by atoms with E-state index in [0.29, 0.717) is 26.8 Å². The van der Waals surface area contributed by atoms with Gasteiger partial charge in [0.25, 0.3) is 11.8 Å². The maximum absolute atomic E-state index is 12.5. The van der Waals surface area contributed by atoms with Gasteiger partial charge in [-0.05, 0) is 39.0 Å². The van der Waals surface area contributed by atoms with Gasteiger partial charge in [-0.15, -0.1) is 0 Å². The molecule has 0 atom stereocenters. The molecule has 2 aromatic heterocycles. The molecule has 134 valence electrons. The minimum absolute atomic E-state index is 0.132. The van der Waals surface area contributed by atoms with Crippen molar-refractivity contribution in [2.45, 2.75) is 20.8 Å². The monoisotopic (exact) mass is 369 g/mol. The van der Waals surface area contributed by atoms with Gasteiger partial charge in [-0.1, -0.05) is 11.3 Å². The summed E-state index contributed by atoms with van der Waals surface area (Å²) in [6.07, 6.45) is 0. The second-order valence-corrected chi connectivity index (χ2v) is 7.18. The van der Waals surface area contributed by atoms with E-state index in [1.54, 1.807) is 39.2 Å². The van der Waals surface area contributed by atoms with Crippen LogP contribution in [0.4, 0.5) is 5.13 Å². The molecule has 2 amide bonds. The molecule has 0 saturated heterocycles. The molecular formula is C18H19N5O2S. The van der Waals surface area contributed by atoms with Gasteiger partial charge < -0.3 is 4.90 Å². The van der Waals surface area contributed by atoms with Crippen molar-refractivity contribution >= 4 is 39.3 Å². The van der Waals surface area contributed by atoms with Crippen molar-refractivity contribution in [1.82, 2.24) is 19.9 Å². The largest absolute Gasteiger partial charge is 0.344 e. The zero-order valence-corrected chi connectivity index (χ0v) is 16.1. The van der Waals surface area contributed by atoms with Gasteiger partial charge in [-0.2, -0.15) is 0 Å². The minimum atomic E-state index is -0.301. The standard InChI is InChI=1S/C18H19N5O2S/c1-9-10(2)20-14-8-12(6-7-13(14)19-9)16(24)22-18-21-11(3)15(26-18)17(25)23(4)5/h6-8H,1-5H3,(H,21,22,24). The Labute approximate surface area is 155 Å². The summed E-state index contributed by atoms with van der Waals surface area (Å²) in [6, 6.07) is 5.18. The number of rotatable bonds is 3. The Morgan fingerprint density at radius 2 is 1.62 bits per heavy atom. The van der Waals surface area contributed by atoms with Gasteiger partial charge in [-0.3, -0.25) is 14.9 Å². The summed E-state index contributed by atoms with van der Waals surface area (Å²) in [7, 11) is 3.36. The van der Waals surface area contributed by atoms with Gasteiger partial charge in [0.1, 0.15) is 4.88 Å². The number of fused-ring (bicyclic) bond motifs is 1. The van der Waals surface area contributed by atoms with Gasteiger partial charge in [0.15, 0.2) is 5.13 Å². The molecule has 0 radical (unpaired) electrons. The molecule has 1 aromatic carbocycles. The average Bonchev–Trinajstić information content (AvgIpc) is 2.94. The molecule has 3 rings (SSSR count). The number of benzene rings is 1. The van der Waals surface area contributed by atoms with Crippen LogP contribution in [0.1, 0.15) is 37.1 Å². The maximum atomic E-state index is 12.5. The van der Waals surface area contributed by atoms with E-state index in [2.05, 4.69) is 20.3 Å². The molecule has 0 aliphatic carbocycles.